The quantitative estimate of drug-likeness (QED) is 0.149. The van der Waals surface area contributed by atoms with Gasteiger partial charge < -0.3 is 5.32 Å². The molecule has 0 aliphatic carbocycles. The molecule has 5 aromatic rings. The lowest BCUT2D eigenvalue weighted by Gasteiger charge is -2.12. The number of nitrogens with zero attached hydrogens (tertiary/aromatic N) is 3. The fraction of sp³-hybridized carbons (Fsp3) is 0.0370. The summed E-state index contributed by atoms with van der Waals surface area (Å²) in [5, 5.41) is 14.9. The minimum Gasteiger partial charge on any atom is -0.322 e. The van der Waals surface area contributed by atoms with Crippen molar-refractivity contribution in [2.24, 2.45) is 0 Å². The highest BCUT2D eigenvalue weighted by Crippen LogP contribution is 2.31. The number of pyridine rings is 1. The predicted octanol–water partition coefficient (Wildman–Crippen LogP) is 6.71. The van der Waals surface area contributed by atoms with Crippen molar-refractivity contribution in [3.05, 3.63) is 116 Å². The molecular weight excluding hydrogens is 512 g/mol. The van der Waals surface area contributed by atoms with Gasteiger partial charge in [-0.05, 0) is 61.0 Å². The van der Waals surface area contributed by atoms with E-state index in [1.807, 2.05) is 31.2 Å². The minimum absolute atomic E-state index is 0.0576. The number of thiazole rings is 1. The summed E-state index contributed by atoms with van der Waals surface area (Å²) in [6.07, 6.45) is 1.73. The molecule has 37 heavy (non-hydrogen) atoms. The molecule has 2 aromatic heterocycles. The van der Waals surface area contributed by atoms with Crippen LogP contribution >= 0.6 is 22.9 Å². The molecule has 2 heterocycles. The summed E-state index contributed by atoms with van der Waals surface area (Å²) >= 11 is 7.36. The van der Waals surface area contributed by atoms with Gasteiger partial charge in [-0.1, -0.05) is 41.1 Å². The third-order valence-corrected chi connectivity index (χ3v) is 7.06. The van der Waals surface area contributed by atoms with Crippen LogP contribution in [0.15, 0.2) is 79.0 Å². The highest BCUT2D eigenvalue weighted by atomic mass is 35.5. The van der Waals surface area contributed by atoms with Crippen molar-refractivity contribution in [1.82, 2.24) is 9.97 Å². The number of anilines is 1. The number of hydrogen-bond donors (Lipinski definition) is 1. The number of carbonyl (C=O) groups excluding carboxylic acids is 2. The lowest BCUT2D eigenvalue weighted by molar-refractivity contribution is -0.384. The van der Waals surface area contributed by atoms with Crippen LogP contribution in [0.5, 0.6) is 0 Å². The van der Waals surface area contributed by atoms with E-state index in [4.69, 9.17) is 11.6 Å². The average Bonchev–Trinajstić information content (AvgIpc) is 3.34. The maximum Gasteiger partial charge on any atom is 0.288 e. The first kappa shape index (κ1) is 24.2. The van der Waals surface area contributed by atoms with Gasteiger partial charge in [0.05, 0.1) is 10.5 Å². The van der Waals surface area contributed by atoms with Crippen LogP contribution in [0.1, 0.15) is 31.8 Å². The number of nitro benzene ring substituents is 1. The van der Waals surface area contributed by atoms with Gasteiger partial charge in [-0.3, -0.25) is 19.7 Å². The molecule has 3 aromatic carbocycles. The first-order valence-corrected chi connectivity index (χ1v) is 12.2. The van der Waals surface area contributed by atoms with Crippen LogP contribution in [0, 0.1) is 17.0 Å². The topological polar surface area (TPSA) is 115 Å². The van der Waals surface area contributed by atoms with Gasteiger partial charge in [0.2, 0.25) is 0 Å². The maximum absolute atomic E-state index is 13.2. The van der Waals surface area contributed by atoms with Crippen LogP contribution in [0.25, 0.3) is 20.9 Å². The summed E-state index contributed by atoms with van der Waals surface area (Å²) in [6.45, 7) is 1.87. The molecule has 0 saturated heterocycles. The Kier molecular flexibility index (Phi) is 6.47. The third kappa shape index (κ3) is 4.82. The van der Waals surface area contributed by atoms with Crippen molar-refractivity contribution < 1.29 is 14.5 Å². The Hall–Kier alpha value is -4.47. The monoisotopic (exact) mass is 528 g/mol. The molecule has 0 radical (unpaired) electrons. The van der Waals surface area contributed by atoms with E-state index in [0.717, 1.165) is 32.5 Å². The van der Waals surface area contributed by atoms with E-state index in [1.54, 1.807) is 24.4 Å². The number of hydrogen-bond acceptors (Lipinski definition) is 7. The van der Waals surface area contributed by atoms with Crippen LogP contribution in [-0.2, 0) is 0 Å². The zero-order chi connectivity index (χ0) is 26.1. The van der Waals surface area contributed by atoms with E-state index in [9.17, 15) is 19.7 Å². The van der Waals surface area contributed by atoms with Gasteiger partial charge in [-0.25, -0.2) is 9.97 Å². The van der Waals surface area contributed by atoms with Crippen molar-refractivity contribution in [3.8, 4) is 10.6 Å². The van der Waals surface area contributed by atoms with Gasteiger partial charge in [0.1, 0.15) is 20.4 Å². The van der Waals surface area contributed by atoms with Crippen molar-refractivity contribution in [2.45, 2.75) is 6.92 Å². The van der Waals surface area contributed by atoms with E-state index in [1.165, 1.54) is 35.6 Å². The Morgan fingerprint density at radius 3 is 2.51 bits per heavy atom. The van der Waals surface area contributed by atoms with E-state index < -0.39 is 16.6 Å². The molecule has 1 amide bonds. The molecule has 5 rings (SSSR count). The Morgan fingerprint density at radius 1 is 1.00 bits per heavy atom. The molecule has 10 heteroatoms. The predicted molar refractivity (Wildman–Crippen MR) is 144 cm³/mol. The fourth-order valence-electron chi connectivity index (χ4n) is 3.85. The molecule has 0 atom stereocenters. The van der Waals surface area contributed by atoms with Crippen LogP contribution in [-0.4, -0.2) is 26.6 Å². The zero-order valence-corrected chi connectivity index (χ0v) is 20.8. The largest absolute Gasteiger partial charge is 0.322 e. The Labute approximate surface area is 219 Å². The summed E-state index contributed by atoms with van der Waals surface area (Å²) in [6, 6.07) is 19.4. The zero-order valence-electron chi connectivity index (χ0n) is 19.3. The number of benzene rings is 3. The number of rotatable bonds is 6. The molecule has 0 aliphatic heterocycles. The van der Waals surface area contributed by atoms with E-state index in [2.05, 4.69) is 15.3 Å². The average molecular weight is 529 g/mol. The molecule has 8 nitrogen and oxygen atoms in total. The molecule has 0 saturated carbocycles. The fourth-order valence-corrected chi connectivity index (χ4v) is 4.94. The minimum atomic E-state index is -0.658. The van der Waals surface area contributed by atoms with E-state index in [0.29, 0.717) is 5.69 Å². The highest BCUT2D eigenvalue weighted by Gasteiger charge is 2.22. The Morgan fingerprint density at radius 2 is 1.78 bits per heavy atom. The van der Waals surface area contributed by atoms with Crippen LogP contribution in [0.2, 0.25) is 5.02 Å². The molecule has 182 valence electrons. The highest BCUT2D eigenvalue weighted by molar-refractivity contribution is 7.21. The molecule has 0 fully saturated rings. The van der Waals surface area contributed by atoms with Gasteiger partial charge in [-0.15, -0.1) is 0 Å². The lowest BCUT2D eigenvalue weighted by atomic mass is 9.97. The van der Waals surface area contributed by atoms with E-state index in [-0.39, 0.29) is 27.4 Å². The Balaban J connectivity index is 1.41. The summed E-state index contributed by atoms with van der Waals surface area (Å²) in [7, 11) is 0. The van der Waals surface area contributed by atoms with Gasteiger partial charge in [0.15, 0.2) is 5.78 Å². The number of nitrogens with one attached hydrogen (secondary N) is 1. The van der Waals surface area contributed by atoms with Crippen molar-refractivity contribution in [1.29, 1.82) is 0 Å². The summed E-state index contributed by atoms with van der Waals surface area (Å²) in [5.41, 5.74) is 3.06. The van der Waals surface area contributed by atoms with Gasteiger partial charge in [0.25, 0.3) is 11.6 Å². The molecule has 0 unspecified atom stereocenters. The summed E-state index contributed by atoms with van der Waals surface area (Å²) in [5.74, 6) is -1.01. The SMILES string of the molecule is Cc1cc(-c2nc3cccnc3s2)ccc1NC(=O)c1ccccc1C(=O)c1ccc(Cl)c([N+](=O)[O-])c1. The van der Waals surface area contributed by atoms with Gasteiger partial charge >= 0.3 is 0 Å². The summed E-state index contributed by atoms with van der Waals surface area (Å²) < 4.78 is 0. The number of aromatic nitrogens is 2. The third-order valence-electron chi connectivity index (χ3n) is 5.71. The second kappa shape index (κ2) is 9.88. The summed E-state index contributed by atoms with van der Waals surface area (Å²) in [4.78, 5) is 46.8. The first-order valence-electron chi connectivity index (χ1n) is 11.0. The van der Waals surface area contributed by atoms with Gasteiger partial charge in [0, 0.05) is 34.6 Å². The maximum atomic E-state index is 13.2. The van der Waals surface area contributed by atoms with Crippen LogP contribution in [0.3, 0.4) is 0 Å². The standard InChI is InChI=1S/C27H17ClN4O4S/c1-15-13-17(26-31-22-7-4-12-29-27(22)37-26)9-11-21(15)30-25(34)19-6-3-2-5-18(19)24(33)16-8-10-20(28)23(14-16)32(35)36/h2-14H,1H3,(H,30,34). The number of nitro groups is 1. The first-order chi connectivity index (χ1) is 17.8. The van der Waals surface area contributed by atoms with E-state index >= 15 is 0 Å². The molecular formula is C27H17ClN4O4S. The molecule has 0 spiro atoms. The van der Waals surface area contributed by atoms with Crippen molar-refractivity contribution >= 4 is 56.4 Å². The number of aryl methyl sites for hydroxylation is 1. The number of ketones is 1. The number of halogens is 1. The van der Waals surface area contributed by atoms with Gasteiger partial charge in [-0.2, -0.15) is 0 Å². The number of carbonyl (C=O) groups is 2. The lowest BCUT2D eigenvalue weighted by Crippen LogP contribution is -2.17. The van der Waals surface area contributed by atoms with Crippen molar-refractivity contribution in [2.75, 3.05) is 5.32 Å². The van der Waals surface area contributed by atoms with Crippen LogP contribution < -0.4 is 5.32 Å². The Bertz CT molecular complexity index is 1680. The van der Waals surface area contributed by atoms with Crippen LogP contribution in [0.4, 0.5) is 11.4 Å². The number of fused-ring (bicyclic) bond motifs is 1. The molecule has 0 bridgehead atoms. The smallest absolute Gasteiger partial charge is 0.288 e. The normalized spacial score (nSPS) is 10.9. The molecule has 0 aliphatic rings. The molecule has 1 N–H and O–H groups in total. The van der Waals surface area contributed by atoms with Crippen molar-refractivity contribution in [3.63, 3.8) is 0 Å². The second-order valence-electron chi connectivity index (χ2n) is 8.13. The number of amides is 1. The second-order valence-corrected chi connectivity index (χ2v) is 9.51.